The quantitative estimate of drug-likeness (QED) is 0.515. The van der Waals surface area contributed by atoms with Gasteiger partial charge in [-0.2, -0.15) is 0 Å². The Bertz CT molecular complexity index is 1430. The standard InChI is InChI=1S/C29H34FN7O3/c1-18(21-13-26(39-3)32-14-23(21)30)28(38)37-7-6-29(17-37)5-4-20-12-22(19(2)33-27(20)35-29)24-15-31-16-25(34-24)36-8-10-40-11-9-36/h12-16,18H,4-11,17H2,1-3H3,(H,33,35)/t18-,29+/m1/s1. The fourth-order valence-corrected chi connectivity index (χ4v) is 5.97. The summed E-state index contributed by atoms with van der Waals surface area (Å²) in [5.41, 5.74) is 3.83. The Labute approximate surface area is 233 Å². The Balaban J connectivity index is 1.18. The number of halogens is 1. The van der Waals surface area contributed by atoms with Crippen LogP contribution >= 0.6 is 0 Å². The molecule has 1 spiro atoms. The number of aromatic nitrogens is 4. The number of likely N-dealkylation sites (tertiary alicyclic amines) is 1. The van der Waals surface area contributed by atoms with Gasteiger partial charge in [-0.25, -0.2) is 19.3 Å². The molecular formula is C29H34FN7O3. The lowest BCUT2D eigenvalue weighted by Crippen LogP contribution is -2.46. The van der Waals surface area contributed by atoms with Gasteiger partial charge in [0.05, 0.1) is 56.1 Å². The highest BCUT2D eigenvalue weighted by molar-refractivity contribution is 5.84. The zero-order valence-corrected chi connectivity index (χ0v) is 23.1. The first-order valence-electron chi connectivity index (χ1n) is 13.8. The third-order valence-electron chi connectivity index (χ3n) is 8.35. The van der Waals surface area contributed by atoms with E-state index in [9.17, 15) is 9.18 Å². The predicted molar refractivity (Wildman–Crippen MR) is 148 cm³/mol. The minimum absolute atomic E-state index is 0.102. The molecule has 2 saturated heterocycles. The fraction of sp³-hybridized carbons (Fsp3) is 0.483. The van der Waals surface area contributed by atoms with Gasteiger partial charge in [0.1, 0.15) is 17.5 Å². The van der Waals surface area contributed by atoms with Gasteiger partial charge in [0.15, 0.2) is 0 Å². The number of methoxy groups -OCH3 is 1. The van der Waals surface area contributed by atoms with Crippen LogP contribution in [0.3, 0.4) is 0 Å². The Hall–Kier alpha value is -3.86. The van der Waals surface area contributed by atoms with Gasteiger partial charge in [-0.05, 0) is 44.7 Å². The smallest absolute Gasteiger partial charge is 0.230 e. The van der Waals surface area contributed by atoms with E-state index in [1.807, 2.05) is 11.8 Å². The summed E-state index contributed by atoms with van der Waals surface area (Å²) in [6.45, 7) is 7.87. The van der Waals surface area contributed by atoms with Gasteiger partial charge in [0, 0.05) is 49.1 Å². The van der Waals surface area contributed by atoms with Crippen molar-refractivity contribution in [1.29, 1.82) is 0 Å². The normalized spacial score (nSPS) is 21.2. The first-order chi connectivity index (χ1) is 19.4. The topological polar surface area (TPSA) is 106 Å². The second kappa shape index (κ2) is 10.6. The first-order valence-corrected chi connectivity index (χ1v) is 13.8. The number of nitrogens with zero attached hydrogens (tertiary/aromatic N) is 6. The monoisotopic (exact) mass is 547 g/mol. The number of rotatable bonds is 5. The summed E-state index contributed by atoms with van der Waals surface area (Å²) in [6, 6.07) is 3.67. The molecule has 11 heteroatoms. The van der Waals surface area contributed by atoms with Gasteiger partial charge in [0.2, 0.25) is 11.8 Å². The number of anilines is 2. The molecule has 3 aliphatic rings. The highest BCUT2D eigenvalue weighted by Crippen LogP contribution is 2.39. The van der Waals surface area contributed by atoms with Crippen molar-refractivity contribution in [3.63, 3.8) is 0 Å². The number of nitrogens with one attached hydrogen (secondary N) is 1. The van der Waals surface area contributed by atoms with Crippen LogP contribution in [0.4, 0.5) is 16.0 Å². The SMILES string of the molecule is COc1cc([C@@H](C)C(=O)N2CC[C@@]3(CCc4cc(-c5cncc(N6CCOCC6)n5)c(C)nc4N3)C2)c(F)cn1. The molecule has 3 aliphatic heterocycles. The van der Waals surface area contributed by atoms with Crippen LogP contribution in [0.2, 0.25) is 0 Å². The Morgan fingerprint density at radius 3 is 2.77 bits per heavy atom. The maximum absolute atomic E-state index is 14.5. The number of fused-ring (bicyclic) bond motifs is 1. The molecular weight excluding hydrogens is 513 g/mol. The van der Waals surface area contributed by atoms with E-state index in [-0.39, 0.29) is 11.4 Å². The number of carbonyl (C=O) groups is 1. The number of ether oxygens (including phenoxy) is 2. The number of morpholine rings is 1. The highest BCUT2D eigenvalue weighted by Gasteiger charge is 2.43. The van der Waals surface area contributed by atoms with Crippen molar-refractivity contribution in [2.45, 2.75) is 44.6 Å². The molecule has 6 heterocycles. The number of aryl methyl sites for hydroxylation is 2. The van der Waals surface area contributed by atoms with E-state index in [0.29, 0.717) is 37.7 Å². The summed E-state index contributed by atoms with van der Waals surface area (Å²) in [7, 11) is 1.47. The van der Waals surface area contributed by atoms with E-state index >= 15 is 0 Å². The molecule has 10 nitrogen and oxygen atoms in total. The van der Waals surface area contributed by atoms with E-state index in [0.717, 1.165) is 72.7 Å². The molecule has 3 aromatic heterocycles. The molecule has 3 aromatic rings. The molecule has 1 amide bonds. The third-order valence-corrected chi connectivity index (χ3v) is 8.35. The molecule has 2 fully saturated rings. The number of carbonyl (C=O) groups excluding carboxylic acids is 1. The van der Waals surface area contributed by atoms with Gasteiger partial charge in [0.25, 0.3) is 0 Å². The van der Waals surface area contributed by atoms with Crippen molar-refractivity contribution in [2.24, 2.45) is 0 Å². The van der Waals surface area contributed by atoms with Crippen molar-refractivity contribution < 1.29 is 18.7 Å². The van der Waals surface area contributed by atoms with E-state index in [1.54, 1.807) is 19.3 Å². The van der Waals surface area contributed by atoms with Crippen molar-refractivity contribution in [3.8, 4) is 17.1 Å². The van der Waals surface area contributed by atoms with E-state index in [2.05, 4.69) is 26.3 Å². The fourth-order valence-electron chi connectivity index (χ4n) is 5.97. The van der Waals surface area contributed by atoms with Crippen molar-refractivity contribution in [1.82, 2.24) is 24.8 Å². The van der Waals surface area contributed by atoms with Crippen molar-refractivity contribution in [2.75, 3.05) is 56.7 Å². The third kappa shape index (κ3) is 4.94. The van der Waals surface area contributed by atoms with E-state index < -0.39 is 11.7 Å². The molecule has 0 unspecified atom stereocenters. The second-order valence-corrected chi connectivity index (χ2v) is 10.9. The van der Waals surface area contributed by atoms with Gasteiger partial charge >= 0.3 is 0 Å². The molecule has 210 valence electrons. The molecule has 0 aliphatic carbocycles. The molecule has 0 saturated carbocycles. The van der Waals surface area contributed by atoms with Crippen molar-refractivity contribution in [3.05, 3.63) is 53.4 Å². The van der Waals surface area contributed by atoms with E-state index in [4.69, 9.17) is 19.4 Å². The van der Waals surface area contributed by atoms with Gasteiger partial charge in [-0.1, -0.05) is 0 Å². The van der Waals surface area contributed by atoms with Gasteiger partial charge < -0.3 is 24.6 Å². The van der Waals surface area contributed by atoms with Gasteiger partial charge in [-0.3, -0.25) is 9.78 Å². The van der Waals surface area contributed by atoms with Crippen LogP contribution in [0, 0.1) is 12.7 Å². The lowest BCUT2D eigenvalue weighted by atomic mass is 9.86. The number of amides is 1. The Kier molecular flexibility index (Phi) is 6.99. The molecule has 0 radical (unpaired) electrons. The van der Waals surface area contributed by atoms with Crippen LogP contribution < -0.4 is 15.0 Å². The molecule has 6 rings (SSSR count). The summed E-state index contributed by atoms with van der Waals surface area (Å²) >= 11 is 0. The average Bonchev–Trinajstić information content (AvgIpc) is 3.39. The summed E-state index contributed by atoms with van der Waals surface area (Å²) in [5.74, 6) is 0.757. The lowest BCUT2D eigenvalue weighted by Gasteiger charge is -2.36. The zero-order chi connectivity index (χ0) is 27.9. The number of hydrogen-bond donors (Lipinski definition) is 1. The van der Waals surface area contributed by atoms with Gasteiger partial charge in [-0.15, -0.1) is 0 Å². The predicted octanol–water partition coefficient (Wildman–Crippen LogP) is 3.36. The maximum Gasteiger partial charge on any atom is 0.230 e. The maximum atomic E-state index is 14.5. The van der Waals surface area contributed by atoms with Crippen LogP contribution in [0.15, 0.2) is 30.7 Å². The summed E-state index contributed by atoms with van der Waals surface area (Å²) < 4.78 is 25.1. The Morgan fingerprint density at radius 1 is 1.15 bits per heavy atom. The van der Waals surface area contributed by atoms with Crippen molar-refractivity contribution >= 4 is 17.5 Å². The van der Waals surface area contributed by atoms with E-state index in [1.165, 1.54) is 13.2 Å². The summed E-state index contributed by atoms with van der Waals surface area (Å²) in [5, 5.41) is 3.68. The molecule has 40 heavy (non-hydrogen) atoms. The minimum atomic E-state index is -0.639. The first kappa shape index (κ1) is 26.4. The zero-order valence-electron chi connectivity index (χ0n) is 23.1. The van der Waals surface area contributed by atoms with Crippen LogP contribution in [-0.4, -0.2) is 82.8 Å². The molecule has 0 bridgehead atoms. The van der Waals surface area contributed by atoms with Crippen LogP contribution in [0.1, 0.15) is 42.5 Å². The average molecular weight is 548 g/mol. The van der Waals surface area contributed by atoms with Crippen LogP contribution in [0.5, 0.6) is 5.88 Å². The number of hydrogen-bond acceptors (Lipinski definition) is 9. The van der Waals surface area contributed by atoms with Crippen LogP contribution in [0.25, 0.3) is 11.3 Å². The Morgan fingerprint density at radius 2 is 1.98 bits per heavy atom. The minimum Gasteiger partial charge on any atom is -0.481 e. The summed E-state index contributed by atoms with van der Waals surface area (Å²) in [4.78, 5) is 35.6. The molecule has 2 atom stereocenters. The molecule has 1 N–H and O–H groups in total. The highest BCUT2D eigenvalue weighted by atomic mass is 19.1. The number of pyridine rings is 2. The largest absolute Gasteiger partial charge is 0.481 e. The molecule has 0 aromatic carbocycles. The summed E-state index contributed by atoms with van der Waals surface area (Å²) in [6.07, 6.45) is 7.22. The van der Waals surface area contributed by atoms with Crippen LogP contribution in [-0.2, 0) is 16.0 Å². The second-order valence-electron chi connectivity index (χ2n) is 10.9. The lowest BCUT2D eigenvalue weighted by molar-refractivity contribution is -0.131.